The summed E-state index contributed by atoms with van der Waals surface area (Å²) in [6.07, 6.45) is 0.440. The van der Waals surface area contributed by atoms with Crippen molar-refractivity contribution in [1.82, 2.24) is 4.72 Å². The second-order valence-electron chi connectivity index (χ2n) is 3.86. The number of nitrogens with one attached hydrogen (secondary N) is 1. The molecule has 0 amide bonds. The summed E-state index contributed by atoms with van der Waals surface area (Å²) < 4.78 is 25.1. The fraction of sp³-hybridized carbons (Fsp3) is 0.167. The van der Waals surface area contributed by atoms with E-state index in [2.05, 4.69) is 0 Å². The van der Waals surface area contributed by atoms with Crippen LogP contribution in [0.3, 0.4) is 0 Å². The highest BCUT2D eigenvalue weighted by Gasteiger charge is 2.25. The van der Waals surface area contributed by atoms with Gasteiger partial charge in [-0.1, -0.05) is 30.3 Å². The van der Waals surface area contributed by atoms with Crippen LogP contribution in [0.2, 0.25) is 0 Å². The van der Waals surface area contributed by atoms with Crippen molar-refractivity contribution in [1.29, 1.82) is 0 Å². The molecule has 0 heterocycles. The predicted octanol–water partition coefficient (Wildman–Crippen LogP) is 0.505. The van der Waals surface area contributed by atoms with Crippen molar-refractivity contribution in [2.45, 2.75) is 12.5 Å². The second kappa shape index (κ2) is 6.83. The van der Waals surface area contributed by atoms with Crippen molar-refractivity contribution in [3.8, 4) is 0 Å². The van der Waals surface area contributed by atoms with Crippen molar-refractivity contribution < 1.29 is 28.2 Å². The predicted molar refractivity (Wildman–Crippen MR) is 71.2 cm³/mol. The number of hydrogen-bond donors (Lipinski definition) is 3. The van der Waals surface area contributed by atoms with Crippen LogP contribution >= 0.6 is 0 Å². The van der Waals surface area contributed by atoms with Crippen LogP contribution in [-0.4, -0.2) is 36.6 Å². The van der Waals surface area contributed by atoms with Gasteiger partial charge in [-0.15, -0.1) is 0 Å². The molecule has 0 saturated carbocycles. The zero-order chi connectivity index (χ0) is 15.2. The van der Waals surface area contributed by atoms with Crippen LogP contribution in [0.15, 0.2) is 35.7 Å². The van der Waals surface area contributed by atoms with Gasteiger partial charge in [-0.3, -0.25) is 9.59 Å². The lowest BCUT2D eigenvalue weighted by molar-refractivity contribution is -0.145. The van der Waals surface area contributed by atoms with Crippen LogP contribution in [0.5, 0.6) is 0 Å². The van der Waals surface area contributed by atoms with Crippen LogP contribution in [-0.2, 0) is 19.6 Å². The highest BCUT2D eigenvalue weighted by atomic mass is 32.2. The largest absolute Gasteiger partial charge is 0.481 e. The smallest absolute Gasteiger partial charge is 0.322 e. The first-order valence-electron chi connectivity index (χ1n) is 5.50. The number of rotatable bonds is 7. The standard InChI is InChI=1S/C12H13NO6S/c14-11(15)8-10(12(16)17)13-20(18,19)7-6-9-4-2-1-3-5-9/h1-7,10,13H,8H2,(H,14,15)(H,16,17)/b7-6+/t10-/m0/s1. The Morgan fingerprint density at radius 2 is 1.80 bits per heavy atom. The average Bonchev–Trinajstić information content (AvgIpc) is 2.36. The van der Waals surface area contributed by atoms with Crippen molar-refractivity contribution in [2.24, 2.45) is 0 Å². The number of carboxylic acid groups (broad SMARTS) is 2. The van der Waals surface area contributed by atoms with Gasteiger partial charge in [0.25, 0.3) is 0 Å². The molecule has 108 valence electrons. The maximum absolute atomic E-state index is 11.6. The van der Waals surface area contributed by atoms with Crippen LogP contribution in [0.1, 0.15) is 12.0 Å². The molecule has 0 saturated heterocycles. The summed E-state index contributed by atoms with van der Waals surface area (Å²) in [4.78, 5) is 21.2. The topological polar surface area (TPSA) is 121 Å². The van der Waals surface area contributed by atoms with E-state index in [1.807, 2.05) is 0 Å². The average molecular weight is 299 g/mol. The van der Waals surface area contributed by atoms with Gasteiger partial charge < -0.3 is 10.2 Å². The molecule has 0 aromatic heterocycles. The van der Waals surface area contributed by atoms with Gasteiger partial charge in [0.1, 0.15) is 6.04 Å². The fourth-order valence-electron chi connectivity index (χ4n) is 1.32. The molecule has 0 aliphatic rings. The molecule has 0 aliphatic carbocycles. The molecule has 8 heteroatoms. The van der Waals surface area contributed by atoms with Gasteiger partial charge in [0.15, 0.2) is 0 Å². The molecule has 0 unspecified atom stereocenters. The molecular formula is C12H13NO6S. The molecular weight excluding hydrogens is 286 g/mol. The van der Waals surface area contributed by atoms with E-state index in [9.17, 15) is 18.0 Å². The Balaban J connectivity index is 2.80. The Morgan fingerprint density at radius 3 is 2.30 bits per heavy atom. The first-order valence-corrected chi connectivity index (χ1v) is 7.05. The van der Waals surface area contributed by atoms with Crippen molar-refractivity contribution >= 4 is 28.0 Å². The maximum Gasteiger partial charge on any atom is 0.322 e. The maximum atomic E-state index is 11.6. The van der Waals surface area contributed by atoms with Crippen molar-refractivity contribution in [2.75, 3.05) is 0 Å². The van der Waals surface area contributed by atoms with Gasteiger partial charge >= 0.3 is 11.9 Å². The zero-order valence-corrected chi connectivity index (χ0v) is 11.1. The highest BCUT2D eigenvalue weighted by molar-refractivity contribution is 7.92. The number of sulfonamides is 1. The van der Waals surface area contributed by atoms with E-state index in [0.29, 0.717) is 5.56 Å². The molecule has 0 spiro atoms. The first kappa shape index (κ1) is 15.9. The van der Waals surface area contributed by atoms with Crippen molar-refractivity contribution in [3.05, 3.63) is 41.3 Å². The lowest BCUT2D eigenvalue weighted by Gasteiger charge is -2.10. The number of hydrogen-bond acceptors (Lipinski definition) is 4. The monoisotopic (exact) mass is 299 g/mol. The SMILES string of the molecule is O=C(O)C[C@H](NS(=O)(=O)/C=C/c1ccccc1)C(=O)O. The van der Waals surface area contributed by atoms with Crippen LogP contribution in [0.4, 0.5) is 0 Å². The Bertz CT molecular complexity index is 608. The number of carboxylic acids is 2. The summed E-state index contributed by atoms with van der Waals surface area (Å²) >= 11 is 0. The summed E-state index contributed by atoms with van der Waals surface area (Å²) in [6, 6.07) is 6.81. The Morgan fingerprint density at radius 1 is 1.20 bits per heavy atom. The van der Waals surface area contributed by atoms with E-state index in [1.165, 1.54) is 6.08 Å². The Hall–Kier alpha value is -2.19. The third kappa shape index (κ3) is 5.63. The minimum Gasteiger partial charge on any atom is -0.481 e. The van der Waals surface area contributed by atoms with Gasteiger partial charge in [-0.25, -0.2) is 8.42 Å². The lowest BCUT2D eigenvalue weighted by atomic mass is 10.2. The molecule has 0 aliphatic heterocycles. The Kier molecular flexibility index (Phi) is 5.42. The van der Waals surface area contributed by atoms with Gasteiger partial charge in [0, 0.05) is 5.41 Å². The van der Waals surface area contributed by atoms with Gasteiger partial charge in [-0.2, -0.15) is 4.72 Å². The van der Waals surface area contributed by atoms with E-state index >= 15 is 0 Å². The molecule has 1 aromatic carbocycles. The van der Waals surface area contributed by atoms with Gasteiger partial charge in [0.2, 0.25) is 10.0 Å². The Labute approximate surface area is 115 Å². The summed E-state index contributed by atoms with van der Waals surface area (Å²) in [5.74, 6) is -2.96. The number of aliphatic carboxylic acids is 2. The zero-order valence-electron chi connectivity index (χ0n) is 10.3. The molecule has 3 N–H and O–H groups in total. The summed E-state index contributed by atoms with van der Waals surface area (Å²) in [6.45, 7) is 0. The summed E-state index contributed by atoms with van der Waals surface area (Å²) in [7, 11) is -4.04. The molecule has 20 heavy (non-hydrogen) atoms. The third-order valence-electron chi connectivity index (χ3n) is 2.22. The van der Waals surface area contributed by atoms with E-state index in [1.54, 1.807) is 35.1 Å². The van der Waals surface area contributed by atoms with E-state index in [-0.39, 0.29) is 0 Å². The quantitative estimate of drug-likeness (QED) is 0.674. The lowest BCUT2D eigenvalue weighted by Crippen LogP contribution is -2.41. The molecule has 0 fully saturated rings. The van der Waals surface area contributed by atoms with Crippen LogP contribution < -0.4 is 4.72 Å². The minimum absolute atomic E-state index is 0.614. The van der Waals surface area contributed by atoms with Gasteiger partial charge in [-0.05, 0) is 11.6 Å². The fourth-order valence-corrected chi connectivity index (χ4v) is 2.32. The number of benzene rings is 1. The number of carbonyl (C=O) groups is 2. The van der Waals surface area contributed by atoms with E-state index < -0.39 is 34.4 Å². The molecule has 0 bridgehead atoms. The highest BCUT2D eigenvalue weighted by Crippen LogP contribution is 2.04. The molecule has 7 nitrogen and oxygen atoms in total. The molecule has 1 aromatic rings. The van der Waals surface area contributed by atoms with Crippen LogP contribution in [0, 0.1) is 0 Å². The molecule has 0 radical (unpaired) electrons. The van der Waals surface area contributed by atoms with Crippen LogP contribution in [0.25, 0.3) is 6.08 Å². The second-order valence-corrected chi connectivity index (χ2v) is 5.46. The van der Waals surface area contributed by atoms with Crippen molar-refractivity contribution in [3.63, 3.8) is 0 Å². The first-order chi connectivity index (χ1) is 9.30. The summed E-state index contributed by atoms with van der Waals surface area (Å²) in [5, 5.41) is 18.1. The normalized spacial score (nSPS) is 13.2. The third-order valence-corrected chi connectivity index (χ3v) is 3.33. The molecule has 1 atom stereocenters. The molecule has 1 rings (SSSR count). The van der Waals surface area contributed by atoms with Gasteiger partial charge in [0.05, 0.1) is 6.42 Å². The van der Waals surface area contributed by atoms with E-state index in [0.717, 1.165) is 5.41 Å². The minimum atomic E-state index is -4.04. The van der Waals surface area contributed by atoms with E-state index in [4.69, 9.17) is 10.2 Å². The summed E-state index contributed by atoms with van der Waals surface area (Å²) in [5.41, 5.74) is 0.614.